The first-order valence-electron chi connectivity index (χ1n) is 6.90. The maximum absolute atomic E-state index is 12.3. The van der Waals surface area contributed by atoms with Crippen molar-refractivity contribution in [3.05, 3.63) is 42.5 Å². The van der Waals surface area contributed by atoms with E-state index in [2.05, 4.69) is 15.4 Å². The van der Waals surface area contributed by atoms with Crippen molar-refractivity contribution < 1.29 is 9.53 Å². The van der Waals surface area contributed by atoms with E-state index in [1.165, 1.54) is 11.3 Å². The van der Waals surface area contributed by atoms with Gasteiger partial charge in [-0.25, -0.2) is 4.98 Å². The number of hydrogen-bond acceptors (Lipinski definition) is 5. The number of amides is 1. The highest BCUT2D eigenvalue weighted by Gasteiger charge is 2.15. The van der Waals surface area contributed by atoms with Crippen LogP contribution in [0.4, 0.5) is 5.69 Å². The van der Waals surface area contributed by atoms with E-state index in [4.69, 9.17) is 4.74 Å². The minimum absolute atomic E-state index is 0.254. The van der Waals surface area contributed by atoms with Gasteiger partial charge in [-0.05, 0) is 18.2 Å². The van der Waals surface area contributed by atoms with E-state index in [1.807, 2.05) is 22.6 Å². The SMILES string of the molecule is COc1ccc2c(c1)sc1nc(C(=O)Nc3cnn(C)c3)cn12. The summed E-state index contributed by atoms with van der Waals surface area (Å²) in [5.74, 6) is 0.548. The molecule has 0 radical (unpaired) electrons. The monoisotopic (exact) mass is 327 g/mol. The first kappa shape index (κ1) is 13.8. The van der Waals surface area contributed by atoms with Gasteiger partial charge in [0.15, 0.2) is 4.96 Å². The molecular weight excluding hydrogens is 314 g/mol. The van der Waals surface area contributed by atoms with Crippen LogP contribution in [0.3, 0.4) is 0 Å². The molecule has 0 fully saturated rings. The number of aryl methyl sites for hydroxylation is 1. The lowest BCUT2D eigenvalue weighted by molar-refractivity contribution is 0.102. The third-order valence-corrected chi connectivity index (χ3v) is 4.51. The van der Waals surface area contributed by atoms with E-state index in [0.717, 1.165) is 20.9 Å². The molecule has 1 N–H and O–H groups in total. The number of benzene rings is 1. The number of carbonyl (C=O) groups is 1. The van der Waals surface area contributed by atoms with Crippen molar-refractivity contribution in [1.82, 2.24) is 19.2 Å². The number of aromatic nitrogens is 4. The molecule has 3 heterocycles. The Kier molecular flexibility index (Phi) is 3.05. The van der Waals surface area contributed by atoms with Gasteiger partial charge in [0.2, 0.25) is 0 Å². The Balaban J connectivity index is 1.70. The van der Waals surface area contributed by atoms with Gasteiger partial charge in [0.1, 0.15) is 11.4 Å². The van der Waals surface area contributed by atoms with Crippen molar-refractivity contribution in [1.29, 1.82) is 0 Å². The second-order valence-corrected chi connectivity index (χ2v) is 6.08. The summed E-state index contributed by atoms with van der Waals surface area (Å²) in [5.41, 5.74) is 2.01. The van der Waals surface area contributed by atoms with Crippen LogP contribution in [0, 0.1) is 0 Å². The number of rotatable bonds is 3. The molecule has 3 aromatic heterocycles. The molecule has 0 unspecified atom stereocenters. The Labute approximate surface area is 135 Å². The van der Waals surface area contributed by atoms with Crippen LogP contribution >= 0.6 is 11.3 Å². The lowest BCUT2D eigenvalue weighted by atomic mass is 10.3. The minimum Gasteiger partial charge on any atom is -0.497 e. The van der Waals surface area contributed by atoms with Gasteiger partial charge in [-0.1, -0.05) is 11.3 Å². The minimum atomic E-state index is -0.254. The van der Waals surface area contributed by atoms with Gasteiger partial charge in [0.05, 0.1) is 29.2 Å². The summed E-state index contributed by atoms with van der Waals surface area (Å²) in [5, 5.41) is 6.80. The van der Waals surface area contributed by atoms with Crippen LogP contribution in [0.5, 0.6) is 5.75 Å². The smallest absolute Gasteiger partial charge is 0.276 e. The predicted octanol–water partition coefficient (Wildman–Crippen LogP) is 2.54. The molecule has 8 heteroatoms. The highest BCUT2D eigenvalue weighted by atomic mass is 32.1. The number of nitrogens with one attached hydrogen (secondary N) is 1. The van der Waals surface area contributed by atoms with Gasteiger partial charge in [-0.15, -0.1) is 0 Å². The molecule has 1 aromatic carbocycles. The normalized spacial score (nSPS) is 11.2. The van der Waals surface area contributed by atoms with Gasteiger partial charge in [-0.3, -0.25) is 13.9 Å². The van der Waals surface area contributed by atoms with Crippen LogP contribution in [0.15, 0.2) is 36.8 Å². The standard InChI is InChI=1S/C15H13N5O2S/c1-19-7-9(6-16-19)17-14(21)11-8-20-12-4-3-10(22-2)5-13(12)23-15(20)18-11/h3-8H,1-2H3,(H,17,21). The first-order valence-corrected chi connectivity index (χ1v) is 7.71. The Morgan fingerprint density at radius 3 is 2.96 bits per heavy atom. The number of hydrogen-bond donors (Lipinski definition) is 1. The van der Waals surface area contributed by atoms with E-state index in [0.29, 0.717) is 11.4 Å². The molecule has 1 amide bonds. The molecule has 0 saturated heterocycles. The number of carbonyl (C=O) groups excluding carboxylic acids is 1. The molecule has 7 nitrogen and oxygen atoms in total. The lowest BCUT2D eigenvalue weighted by Gasteiger charge is -1.99. The number of anilines is 1. The molecule has 4 rings (SSSR count). The van der Waals surface area contributed by atoms with Gasteiger partial charge >= 0.3 is 0 Å². The van der Waals surface area contributed by atoms with Crippen molar-refractivity contribution in [2.45, 2.75) is 0 Å². The van der Waals surface area contributed by atoms with E-state index >= 15 is 0 Å². The van der Waals surface area contributed by atoms with Crippen molar-refractivity contribution in [3.63, 3.8) is 0 Å². The fourth-order valence-electron chi connectivity index (χ4n) is 2.40. The number of fused-ring (bicyclic) bond motifs is 3. The summed E-state index contributed by atoms with van der Waals surface area (Å²) in [4.78, 5) is 17.5. The number of imidazole rings is 1. The van der Waals surface area contributed by atoms with Crippen molar-refractivity contribution in [2.75, 3.05) is 12.4 Å². The van der Waals surface area contributed by atoms with E-state index < -0.39 is 0 Å². The van der Waals surface area contributed by atoms with Crippen molar-refractivity contribution >= 4 is 38.1 Å². The van der Waals surface area contributed by atoms with Crippen molar-refractivity contribution in [3.8, 4) is 5.75 Å². The molecule has 116 valence electrons. The quantitative estimate of drug-likeness (QED) is 0.627. The Morgan fingerprint density at radius 1 is 1.35 bits per heavy atom. The van der Waals surface area contributed by atoms with E-state index in [-0.39, 0.29) is 5.91 Å². The molecule has 0 bridgehead atoms. The maximum Gasteiger partial charge on any atom is 0.276 e. The molecular formula is C15H13N5O2S. The first-order chi connectivity index (χ1) is 11.1. The molecule has 4 aromatic rings. The summed E-state index contributed by atoms with van der Waals surface area (Å²) in [6.45, 7) is 0. The summed E-state index contributed by atoms with van der Waals surface area (Å²) >= 11 is 1.52. The van der Waals surface area contributed by atoms with Crippen LogP contribution in [0.1, 0.15) is 10.5 Å². The van der Waals surface area contributed by atoms with E-state index in [9.17, 15) is 4.79 Å². The molecule has 0 saturated carbocycles. The third-order valence-electron chi connectivity index (χ3n) is 3.50. The molecule has 0 aliphatic rings. The zero-order valence-electron chi connectivity index (χ0n) is 12.5. The predicted molar refractivity (Wildman–Crippen MR) is 88.3 cm³/mol. The second kappa shape index (κ2) is 5.10. The highest BCUT2D eigenvalue weighted by molar-refractivity contribution is 7.23. The molecule has 0 spiro atoms. The highest BCUT2D eigenvalue weighted by Crippen LogP contribution is 2.29. The fourth-order valence-corrected chi connectivity index (χ4v) is 3.43. The van der Waals surface area contributed by atoms with Crippen LogP contribution in [-0.4, -0.2) is 32.2 Å². The van der Waals surface area contributed by atoms with Crippen LogP contribution in [0.25, 0.3) is 15.2 Å². The molecule has 0 atom stereocenters. The van der Waals surface area contributed by atoms with Crippen LogP contribution in [0.2, 0.25) is 0 Å². The topological polar surface area (TPSA) is 73.4 Å². The lowest BCUT2D eigenvalue weighted by Crippen LogP contribution is -2.11. The van der Waals surface area contributed by atoms with Gasteiger partial charge in [-0.2, -0.15) is 5.10 Å². The number of nitrogens with zero attached hydrogens (tertiary/aromatic N) is 4. The summed E-state index contributed by atoms with van der Waals surface area (Å²) in [6.07, 6.45) is 5.07. The molecule has 0 aliphatic heterocycles. The maximum atomic E-state index is 12.3. The average Bonchev–Trinajstić information content (AvgIpc) is 3.20. The Hall–Kier alpha value is -2.87. The van der Waals surface area contributed by atoms with Crippen LogP contribution < -0.4 is 10.1 Å². The average molecular weight is 327 g/mol. The fraction of sp³-hybridized carbons (Fsp3) is 0.133. The van der Waals surface area contributed by atoms with Gasteiger partial charge in [0, 0.05) is 19.4 Å². The number of thiazole rings is 1. The summed E-state index contributed by atoms with van der Waals surface area (Å²) in [7, 11) is 3.43. The van der Waals surface area contributed by atoms with Crippen molar-refractivity contribution in [2.24, 2.45) is 7.05 Å². The Morgan fingerprint density at radius 2 is 2.22 bits per heavy atom. The largest absolute Gasteiger partial charge is 0.497 e. The molecule has 0 aliphatic carbocycles. The zero-order chi connectivity index (χ0) is 16.0. The number of methoxy groups -OCH3 is 1. The summed E-state index contributed by atoms with van der Waals surface area (Å²) in [6, 6.07) is 5.82. The van der Waals surface area contributed by atoms with Gasteiger partial charge in [0.25, 0.3) is 5.91 Å². The number of ether oxygens (including phenoxy) is 1. The summed E-state index contributed by atoms with van der Waals surface area (Å²) < 4.78 is 9.83. The van der Waals surface area contributed by atoms with E-state index in [1.54, 1.807) is 37.4 Å². The van der Waals surface area contributed by atoms with Gasteiger partial charge < -0.3 is 10.1 Å². The zero-order valence-corrected chi connectivity index (χ0v) is 13.3. The third kappa shape index (κ3) is 2.33. The molecule has 23 heavy (non-hydrogen) atoms. The Bertz CT molecular complexity index is 1030. The second-order valence-electron chi connectivity index (χ2n) is 5.07. The van der Waals surface area contributed by atoms with Crippen LogP contribution in [-0.2, 0) is 7.05 Å².